The first-order valence-electron chi connectivity index (χ1n) is 7.71. The van der Waals surface area contributed by atoms with Crippen LogP contribution in [0.1, 0.15) is 23.5 Å². The van der Waals surface area contributed by atoms with Gasteiger partial charge in [0.05, 0.1) is 5.56 Å². The Morgan fingerprint density at radius 3 is 2.65 bits per heavy atom. The highest BCUT2D eigenvalue weighted by Crippen LogP contribution is 2.45. The molecule has 0 spiro atoms. The van der Waals surface area contributed by atoms with Crippen molar-refractivity contribution in [1.82, 2.24) is 5.32 Å². The van der Waals surface area contributed by atoms with Gasteiger partial charge < -0.3 is 10.1 Å². The van der Waals surface area contributed by atoms with Crippen LogP contribution in [0.5, 0.6) is 5.75 Å². The van der Waals surface area contributed by atoms with E-state index in [0.717, 1.165) is 48.5 Å². The van der Waals surface area contributed by atoms with E-state index in [1.165, 1.54) is 0 Å². The summed E-state index contributed by atoms with van der Waals surface area (Å²) >= 11 is 5.72. The molecule has 0 bridgehead atoms. The number of rotatable bonds is 1. The highest BCUT2D eigenvalue weighted by molar-refractivity contribution is 6.30. The van der Waals surface area contributed by atoms with Crippen molar-refractivity contribution in [2.24, 2.45) is 0 Å². The first-order chi connectivity index (χ1) is 11.0. The molecule has 0 saturated carbocycles. The van der Waals surface area contributed by atoms with E-state index in [4.69, 9.17) is 16.3 Å². The standard InChI is InChI=1S/C18H16ClF2NO/c1-9-4-10(17-14(20)6-11(19)7-15(17)21)5-12-13-8-22-3-2-16(13)23-18(9)12/h4-7,13,16,22H,2-3,8H2,1H3. The van der Waals surface area contributed by atoms with Gasteiger partial charge in [-0.15, -0.1) is 0 Å². The molecule has 5 heteroatoms. The number of hydrogen-bond acceptors (Lipinski definition) is 2. The van der Waals surface area contributed by atoms with Gasteiger partial charge in [-0.05, 0) is 55.3 Å². The minimum absolute atomic E-state index is 0.0347. The van der Waals surface area contributed by atoms with Crippen LogP contribution in [-0.2, 0) is 0 Å². The molecule has 0 aromatic heterocycles. The van der Waals surface area contributed by atoms with Crippen LogP contribution in [0.2, 0.25) is 5.02 Å². The van der Waals surface area contributed by atoms with Gasteiger partial charge in [-0.3, -0.25) is 0 Å². The van der Waals surface area contributed by atoms with Crippen molar-refractivity contribution in [2.75, 3.05) is 13.1 Å². The molecule has 0 amide bonds. The van der Waals surface area contributed by atoms with E-state index in [2.05, 4.69) is 5.32 Å². The summed E-state index contributed by atoms with van der Waals surface area (Å²) in [6.45, 7) is 3.67. The average molecular weight is 336 g/mol. The zero-order valence-electron chi connectivity index (χ0n) is 12.6. The second-order valence-corrected chi connectivity index (χ2v) is 6.65. The fraction of sp³-hybridized carbons (Fsp3) is 0.333. The van der Waals surface area contributed by atoms with Gasteiger partial charge in [0.15, 0.2) is 0 Å². The topological polar surface area (TPSA) is 21.3 Å². The van der Waals surface area contributed by atoms with Crippen LogP contribution >= 0.6 is 11.6 Å². The number of halogens is 3. The summed E-state index contributed by atoms with van der Waals surface area (Å²) in [5.74, 6) is -0.198. The van der Waals surface area contributed by atoms with E-state index >= 15 is 0 Å². The first kappa shape index (κ1) is 14.9. The highest BCUT2D eigenvalue weighted by atomic mass is 35.5. The van der Waals surface area contributed by atoms with Crippen LogP contribution in [0.4, 0.5) is 8.78 Å². The monoisotopic (exact) mass is 335 g/mol. The normalized spacial score (nSPS) is 22.4. The molecule has 2 aliphatic heterocycles. The third-order valence-electron chi connectivity index (χ3n) is 4.69. The fourth-order valence-corrected chi connectivity index (χ4v) is 3.83. The molecule has 23 heavy (non-hydrogen) atoms. The zero-order valence-corrected chi connectivity index (χ0v) is 13.4. The lowest BCUT2D eigenvalue weighted by Gasteiger charge is -2.24. The molecule has 2 aromatic carbocycles. The van der Waals surface area contributed by atoms with Gasteiger partial charge in [-0.25, -0.2) is 8.78 Å². The summed E-state index contributed by atoms with van der Waals surface area (Å²) in [5, 5.41) is 3.42. The van der Waals surface area contributed by atoms with Crippen molar-refractivity contribution in [3.63, 3.8) is 0 Å². The molecule has 2 aliphatic rings. The van der Waals surface area contributed by atoms with E-state index in [-0.39, 0.29) is 22.6 Å². The lowest BCUT2D eigenvalue weighted by Crippen LogP contribution is -2.37. The molecular formula is C18H16ClF2NO. The quantitative estimate of drug-likeness (QED) is 0.832. The maximum Gasteiger partial charge on any atom is 0.135 e. The predicted molar refractivity (Wildman–Crippen MR) is 86.2 cm³/mol. The molecule has 2 unspecified atom stereocenters. The van der Waals surface area contributed by atoms with Crippen LogP contribution in [0.15, 0.2) is 24.3 Å². The third-order valence-corrected chi connectivity index (χ3v) is 4.90. The van der Waals surface area contributed by atoms with Crippen LogP contribution in [0.25, 0.3) is 11.1 Å². The summed E-state index contributed by atoms with van der Waals surface area (Å²) in [4.78, 5) is 0. The van der Waals surface area contributed by atoms with E-state index in [1.54, 1.807) is 6.07 Å². The Balaban J connectivity index is 1.86. The summed E-state index contributed by atoms with van der Waals surface area (Å²) < 4.78 is 34.6. The number of fused-ring (bicyclic) bond motifs is 3. The molecule has 120 valence electrons. The highest BCUT2D eigenvalue weighted by Gasteiger charge is 2.37. The number of aryl methyl sites for hydroxylation is 1. The van der Waals surface area contributed by atoms with Gasteiger partial charge in [-0.2, -0.15) is 0 Å². The third kappa shape index (κ3) is 2.41. The lowest BCUT2D eigenvalue weighted by atomic mass is 9.88. The molecular weight excluding hydrogens is 320 g/mol. The lowest BCUT2D eigenvalue weighted by molar-refractivity contribution is 0.171. The summed E-state index contributed by atoms with van der Waals surface area (Å²) in [6, 6.07) is 5.92. The van der Waals surface area contributed by atoms with Crippen molar-refractivity contribution >= 4 is 11.6 Å². The zero-order chi connectivity index (χ0) is 16.1. The Labute approximate surface area is 138 Å². The summed E-state index contributed by atoms with van der Waals surface area (Å²) in [5.41, 5.74) is 2.43. The maximum absolute atomic E-state index is 14.2. The number of piperidine rings is 1. The Bertz CT molecular complexity index is 770. The van der Waals surface area contributed by atoms with Gasteiger partial charge in [-0.1, -0.05) is 11.6 Å². The van der Waals surface area contributed by atoms with Crippen molar-refractivity contribution < 1.29 is 13.5 Å². The van der Waals surface area contributed by atoms with E-state index < -0.39 is 11.6 Å². The van der Waals surface area contributed by atoms with Crippen molar-refractivity contribution in [3.8, 4) is 16.9 Å². The fourth-order valence-electron chi connectivity index (χ4n) is 3.64. The Hall–Kier alpha value is -1.65. The molecule has 0 radical (unpaired) electrons. The van der Waals surface area contributed by atoms with E-state index in [9.17, 15) is 8.78 Å². The first-order valence-corrected chi connectivity index (χ1v) is 8.09. The van der Waals surface area contributed by atoms with Crippen molar-refractivity contribution in [2.45, 2.75) is 25.4 Å². The summed E-state index contributed by atoms with van der Waals surface area (Å²) in [6.07, 6.45) is 1.10. The summed E-state index contributed by atoms with van der Waals surface area (Å²) in [7, 11) is 0. The van der Waals surface area contributed by atoms with Gasteiger partial charge in [0.1, 0.15) is 23.5 Å². The van der Waals surface area contributed by atoms with E-state index in [1.807, 2.05) is 13.0 Å². The molecule has 2 atom stereocenters. The molecule has 1 fully saturated rings. The SMILES string of the molecule is Cc1cc(-c2c(F)cc(Cl)cc2F)cc2c1OC1CCNCC21. The minimum atomic E-state index is -0.647. The van der Waals surface area contributed by atoms with Crippen LogP contribution < -0.4 is 10.1 Å². The van der Waals surface area contributed by atoms with Gasteiger partial charge in [0.25, 0.3) is 0 Å². The number of hydrogen-bond donors (Lipinski definition) is 1. The number of benzene rings is 2. The molecule has 2 nitrogen and oxygen atoms in total. The average Bonchev–Trinajstić information content (AvgIpc) is 2.86. The largest absolute Gasteiger partial charge is 0.489 e. The number of ether oxygens (including phenoxy) is 1. The predicted octanol–water partition coefficient (Wildman–Crippen LogP) is 4.43. The molecule has 1 saturated heterocycles. The Kier molecular flexibility index (Phi) is 3.54. The van der Waals surface area contributed by atoms with Crippen LogP contribution in [-0.4, -0.2) is 19.2 Å². The van der Waals surface area contributed by atoms with Gasteiger partial charge in [0, 0.05) is 23.0 Å². The Morgan fingerprint density at radius 2 is 1.91 bits per heavy atom. The molecule has 2 heterocycles. The van der Waals surface area contributed by atoms with Gasteiger partial charge >= 0.3 is 0 Å². The minimum Gasteiger partial charge on any atom is -0.489 e. The molecule has 2 aromatic rings. The van der Waals surface area contributed by atoms with Crippen molar-refractivity contribution in [3.05, 3.63) is 52.0 Å². The van der Waals surface area contributed by atoms with Crippen molar-refractivity contribution in [1.29, 1.82) is 0 Å². The smallest absolute Gasteiger partial charge is 0.135 e. The van der Waals surface area contributed by atoms with Crippen LogP contribution in [0.3, 0.4) is 0 Å². The maximum atomic E-state index is 14.2. The number of nitrogens with one attached hydrogen (secondary N) is 1. The molecule has 4 rings (SSSR count). The van der Waals surface area contributed by atoms with Gasteiger partial charge in [0.2, 0.25) is 0 Å². The van der Waals surface area contributed by atoms with Crippen LogP contribution in [0, 0.1) is 18.6 Å². The van der Waals surface area contributed by atoms with E-state index in [0.29, 0.717) is 5.56 Å². The second kappa shape index (κ2) is 5.46. The second-order valence-electron chi connectivity index (χ2n) is 6.21. The molecule has 0 aliphatic carbocycles. The Morgan fingerprint density at radius 1 is 1.17 bits per heavy atom. The molecule has 1 N–H and O–H groups in total.